The topological polar surface area (TPSA) is 67.8 Å². The largest absolute Gasteiger partial charge is 0.493 e. The maximum Gasteiger partial charge on any atom is 0.336 e. The van der Waals surface area contributed by atoms with Crippen LogP contribution in [0.2, 0.25) is 5.02 Å². The third kappa shape index (κ3) is 5.02. The van der Waals surface area contributed by atoms with Crippen LogP contribution in [0.3, 0.4) is 0 Å². The van der Waals surface area contributed by atoms with Crippen LogP contribution in [0.4, 0.5) is 10.1 Å². The fourth-order valence-corrected chi connectivity index (χ4v) is 3.21. The van der Waals surface area contributed by atoms with Gasteiger partial charge in [0.15, 0.2) is 11.5 Å². The van der Waals surface area contributed by atoms with Crippen LogP contribution >= 0.6 is 11.6 Å². The van der Waals surface area contributed by atoms with Gasteiger partial charge in [0.25, 0.3) is 0 Å². The third-order valence-electron chi connectivity index (χ3n) is 4.67. The molecule has 7 heteroatoms. The molecule has 0 spiro atoms. The molecule has 3 aromatic rings. The zero-order valence-corrected chi connectivity index (χ0v) is 17.3. The monoisotopic (exact) mass is 429 g/mol. The van der Waals surface area contributed by atoms with E-state index in [-0.39, 0.29) is 12.2 Å². The van der Waals surface area contributed by atoms with Crippen LogP contribution in [-0.2, 0) is 13.2 Å². The minimum absolute atomic E-state index is 0.175. The number of carboxylic acid groups (broad SMARTS) is 1. The first kappa shape index (κ1) is 21.5. The average molecular weight is 430 g/mol. The van der Waals surface area contributed by atoms with Crippen molar-refractivity contribution in [3.8, 4) is 11.5 Å². The molecule has 3 aromatic carbocycles. The van der Waals surface area contributed by atoms with Gasteiger partial charge in [0, 0.05) is 17.8 Å². The molecule has 0 saturated carbocycles. The number of carboxylic acids is 1. The van der Waals surface area contributed by atoms with Crippen molar-refractivity contribution in [1.29, 1.82) is 0 Å². The summed E-state index contributed by atoms with van der Waals surface area (Å²) >= 11 is 6.04. The van der Waals surface area contributed by atoms with Crippen LogP contribution in [0.15, 0.2) is 54.6 Å². The fraction of sp³-hybridized carbons (Fsp3) is 0.174. The second-order valence-electron chi connectivity index (χ2n) is 6.65. The van der Waals surface area contributed by atoms with Gasteiger partial charge in [0.2, 0.25) is 0 Å². The molecule has 156 valence electrons. The molecule has 30 heavy (non-hydrogen) atoms. The van der Waals surface area contributed by atoms with E-state index in [0.29, 0.717) is 34.2 Å². The number of benzene rings is 3. The third-order valence-corrected chi connectivity index (χ3v) is 5.03. The van der Waals surface area contributed by atoms with Gasteiger partial charge in [-0.3, -0.25) is 0 Å². The number of nitrogens with one attached hydrogen (secondary N) is 1. The second-order valence-corrected chi connectivity index (χ2v) is 7.05. The molecule has 0 aliphatic heterocycles. The number of aromatic carboxylic acids is 1. The van der Waals surface area contributed by atoms with Crippen LogP contribution in [0, 0.1) is 12.7 Å². The van der Waals surface area contributed by atoms with Crippen molar-refractivity contribution in [3.63, 3.8) is 0 Å². The summed E-state index contributed by atoms with van der Waals surface area (Å²) in [6.45, 7) is 2.42. The first-order chi connectivity index (χ1) is 14.4. The summed E-state index contributed by atoms with van der Waals surface area (Å²) in [5, 5.41) is 12.8. The van der Waals surface area contributed by atoms with Gasteiger partial charge in [-0.2, -0.15) is 0 Å². The standard InChI is InChI=1S/C23H21ClFNO4/c1-14-18(23(27)28)4-3-5-20(14)26-12-15-6-9-21(22(10-15)29-2)30-13-16-7-8-17(25)11-19(16)24/h3-11,26H,12-13H2,1-2H3,(H,27,28). The van der Waals surface area contributed by atoms with Crippen molar-refractivity contribution in [2.24, 2.45) is 0 Å². The van der Waals surface area contributed by atoms with Gasteiger partial charge >= 0.3 is 5.97 Å². The van der Waals surface area contributed by atoms with Crippen LogP contribution < -0.4 is 14.8 Å². The molecule has 0 amide bonds. The van der Waals surface area contributed by atoms with Crippen LogP contribution in [0.1, 0.15) is 27.0 Å². The summed E-state index contributed by atoms with van der Waals surface area (Å²) in [5.74, 6) is -0.280. The first-order valence-corrected chi connectivity index (χ1v) is 9.57. The lowest BCUT2D eigenvalue weighted by Gasteiger charge is -2.15. The highest BCUT2D eigenvalue weighted by Gasteiger charge is 2.11. The van der Waals surface area contributed by atoms with E-state index in [2.05, 4.69) is 5.32 Å². The van der Waals surface area contributed by atoms with Crippen molar-refractivity contribution in [2.45, 2.75) is 20.1 Å². The smallest absolute Gasteiger partial charge is 0.336 e. The Hall–Kier alpha value is -3.25. The van der Waals surface area contributed by atoms with Crippen LogP contribution in [-0.4, -0.2) is 18.2 Å². The minimum Gasteiger partial charge on any atom is -0.493 e. The number of carbonyl (C=O) groups is 1. The number of hydrogen-bond acceptors (Lipinski definition) is 4. The SMILES string of the molecule is COc1cc(CNc2cccc(C(=O)O)c2C)ccc1OCc1ccc(F)cc1Cl. The number of halogens is 2. The summed E-state index contributed by atoms with van der Waals surface area (Å²) in [6, 6.07) is 14.8. The van der Waals surface area contributed by atoms with Crippen molar-refractivity contribution >= 4 is 23.3 Å². The average Bonchev–Trinajstić information content (AvgIpc) is 2.72. The Morgan fingerprint density at radius 1 is 1.13 bits per heavy atom. The maximum absolute atomic E-state index is 13.2. The highest BCUT2D eigenvalue weighted by molar-refractivity contribution is 6.31. The highest BCUT2D eigenvalue weighted by atomic mass is 35.5. The summed E-state index contributed by atoms with van der Waals surface area (Å²) < 4.78 is 24.4. The Labute approximate surface area is 179 Å². The molecule has 0 saturated heterocycles. The molecule has 0 unspecified atom stereocenters. The lowest BCUT2D eigenvalue weighted by molar-refractivity contribution is 0.0696. The van der Waals surface area contributed by atoms with Crippen molar-refractivity contribution in [2.75, 3.05) is 12.4 Å². The van der Waals surface area contributed by atoms with Crippen molar-refractivity contribution in [3.05, 3.63) is 87.7 Å². The molecule has 2 N–H and O–H groups in total. The molecule has 0 aliphatic rings. The quantitative estimate of drug-likeness (QED) is 0.481. The van der Waals surface area contributed by atoms with Gasteiger partial charge < -0.3 is 19.9 Å². The van der Waals surface area contributed by atoms with Crippen LogP contribution in [0.5, 0.6) is 11.5 Å². The van der Waals surface area contributed by atoms with E-state index in [1.165, 1.54) is 12.1 Å². The predicted octanol–water partition coefficient (Wildman–Crippen LogP) is 5.69. The van der Waals surface area contributed by atoms with E-state index in [9.17, 15) is 14.3 Å². The Morgan fingerprint density at radius 3 is 2.63 bits per heavy atom. The van der Waals surface area contributed by atoms with Gasteiger partial charge in [-0.25, -0.2) is 9.18 Å². The van der Waals surface area contributed by atoms with Crippen molar-refractivity contribution in [1.82, 2.24) is 0 Å². The zero-order valence-electron chi connectivity index (χ0n) is 16.5. The van der Waals surface area contributed by atoms with E-state index in [1.807, 2.05) is 18.2 Å². The molecule has 0 atom stereocenters. The first-order valence-electron chi connectivity index (χ1n) is 9.19. The molecule has 0 fully saturated rings. The Kier molecular flexibility index (Phi) is 6.79. The Morgan fingerprint density at radius 2 is 1.93 bits per heavy atom. The molecule has 5 nitrogen and oxygen atoms in total. The zero-order chi connectivity index (χ0) is 21.7. The van der Waals surface area contributed by atoms with Gasteiger partial charge in [-0.05, 0) is 54.4 Å². The normalized spacial score (nSPS) is 10.5. The van der Waals surface area contributed by atoms with E-state index in [0.717, 1.165) is 11.3 Å². The van der Waals surface area contributed by atoms with Crippen molar-refractivity contribution < 1.29 is 23.8 Å². The lowest BCUT2D eigenvalue weighted by atomic mass is 10.1. The summed E-state index contributed by atoms with van der Waals surface area (Å²) in [4.78, 5) is 11.3. The van der Waals surface area contributed by atoms with E-state index in [1.54, 1.807) is 38.3 Å². The van der Waals surface area contributed by atoms with Gasteiger partial charge in [0.1, 0.15) is 12.4 Å². The Balaban J connectivity index is 1.70. The summed E-state index contributed by atoms with van der Waals surface area (Å²) in [6.07, 6.45) is 0. The fourth-order valence-electron chi connectivity index (χ4n) is 2.99. The van der Waals surface area contributed by atoms with Gasteiger partial charge in [-0.15, -0.1) is 0 Å². The van der Waals surface area contributed by atoms with E-state index in [4.69, 9.17) is 21.1 Å². The van der Waals surface area contributed by atoms with Gasteiger partial charge in [0.05, 0.1) is 17.7 Å². The number of anilines is 1. The van der Waals surface area contributed by atoms with E-state index < -0.39 is 11.8 Å². The molecule has 0 bridgehead atoms. The number of rotatable bonds is 8. The minimum atomic E-state index is -0.958. The molecule has 3 rings (SSSR count). The molecular formula is C23H21ClFNO4. The lowest BCUT2D eigenvalue weighted by Crippen LogP contribution is -2.06. The predicted molar refractivity (Wildman–Crippen MR) is 114 cm³/mol. The number of ether oxygens (including phenoxy) is 2. The number of methoxy groups -OCH3 is 1. The highest BCUT2D eigenvalue weighted by Crippen LogP contribution is 2.30. The second kappa shape index (κ2) is 9.50. The van der Waals surface area contributed by atoms with Crippen LogP contribution in [0.25, 0.3) is 0 Å². The molecule has 0 radical (unpaired) electrons. The maximum atomic E-state index is 13.2. The molecule has 0 heterocycles. The number of hydrogen-bond donors (Lipinski definition) is 2. The molecule has 0 aliphatic carbocycles. The van der Waals surface area contributed by atoms with E-state index >= 15 is 0 Å². The molecule has 0 aromatic heterocycles. The molecular weight excluding hydrogens is 409 g/mol. The summed E-state index contributed by atoms with van der Waals surface area (Å²) in [5.41, 5.74) is 3.29. The summed E-state index contributed by atoms with van der Waals surface area (Å²) in [7, 11) is 1.55. The Bertz CT molecular complexity index is 1070. The van der Waals surface area contributed by atoms with Gasteiger partial charge in [-0.1, -0.05) is 29.8 Å².